The van der Waals surface area contributed by atoms with Crippen molar-refractivity contribution >= 4 is 27.8 Å². The van der Waals surface area contributed by atoms with Crippen molar-refractivity contribution in [1.82, 2.24) is 5.32 Å². The van der Waals surface area contributed by atoms with Crippen LogP contribution in [0.15, 0.2) is 18.2 Å². The molecule has 24 heavy (non-hydrogen) atoms. The normalized spacial score (nSPS) is 14.8. The lowest BCUT2D eigenvalue weighted by Crippen LogP contribution is -2.51. The summed E-state index contributed by atoms with van der Waals surface area (Å²) in [6, 6.07) is 3.03. The van der Waals surface area contributed by atoms with Gasteiger partial charge in [-0.25, -0.2) is 9.18 Å². The highest BCUT2D eigenvalue weighted by atomic mass is 35.5. The molecule has 0 aliphatic rings. The first-order chi connectivity index (χ1) is 10.7. The van der Waals surface area contributed by atoms with Gasteiger partial charge in [-0.2, -0.15) is 8.42 Å². The summed E-state index contributed by atoms with van der Waals surface area (Å²) in [6.07, 6.45) is -0.290. The molecule has 1 unspecified atom stereocenters. The second kappa shape index (κ2) is 7.22. The molecule has 0 saturated heterocycles. The van der Waals surface area contributed by atoms with Crippen LogP contribution in [0.25, 0.3) is 0 Å². The minimum Gasteiger partial charge on any atom is -0.444 e. The Balaban J connectivity index is 3.17. The van der Waals surface area contributed by atoms with Crippen LogP contribution in [-0.2, 0) is 24.8 Å². The first-order valence-corrected chi connectivity index (χ1v) is 8.94. The van der Waals surface area contributed by atoms with Crippen molar-refractivity contribution in [3.63, 3.8) is 0 Å². The van der Waals surface area contributed by atoms with Gasteiger partial charge in [-0.05, 0) is 39.0 Å². The van der Waals surface area contributed by atoms with Gasteiger partial charge in [0.1, 0.15) is 18.0 Å². The molecule has 0 fully saturated rings. The van der Waals surface area contributed by atoms with Gasteiger partial charge in [-0.1, -0.05) is 11.6 Å². The largest absolute Gasteiger partial charge is 0.444 e. The second-order valence-electron chi connectivity index (χ2n) is 6.11. The Hall–Kier alpha value is -1.42. The average molecular weight is 384 g/mol. The molecule has 0 saturated carbocycles. The highest BCUT2D eigenvalue weighted by Gasteiger charge is 2.35. The maximum absolute atomic E-state index is 13.5. The monoisotopic (exact) mass is 383 g/mol. The van der Waals surface area contributed by atoms with Gasteiger partial charge in [0.2, 0.25) is 0 Å². The Morgan fingerprint density at radius 2 is 1.92 bits per heavy atom. The first-order valence-electron chi connectivity index (χ1n) is 6.75. The summed E-state index contributed by atoms with van der Waals surface area (Å²) in [5, 5.41) is 12.6. The summed E-state index contributed by atoms with van der Waals surface area (Å²) < 4.78 is 45.5. The zero-order valence-electron chi connectivity index (χ0n) is 13.6. The Kier molecular flexibility index (Phi) is 6.20. The summed E-state index contributed by atoms with van der Waals surface area (Å²) in [5.74, 6) is -0.790. The molecule has 0 spiro atoms. The Morgan fingerprint density at radius 1 is 1.33 bits per heavy atom. The molecule has 0 aromatic heterocycles. The number of nitrogens with one attached hydrogen (secondary N) is 1. The maximum Gasteiger partial charge on any atom is 0.410 e. The zero-order valence-corrected chi connectivity index (χ0v) is 15.2. The van der Waals surface area contributed by atoms with Crippen LogP contribution in [0.4, 0.5) is 9.18 Å². The minimum atomic E-state index is -3.94. The summed E-state index contributed by atoms with van der Waals surface area (Å²) >= 11 is 5.74. The van der Waals surface area contributed by atoms with E-state index >= 15 is 0 Å². The molecule has 0 aliphatic carbocycles. The van der Waals surface area contributed by atoms with Crippen LogP contribution in [0, 0.1) is 5.82 Å². The molecule has 1 atom stereocenters. The molecule has 1 aromatic carbocycles. The molecule has 10 heteroatoms. The Labute approximate surface area is 144 Å². The van der Waals surface area contributed by atoms with E-state index in [1.807, 2.05) is 0 Å². The third-order valence-electron chi connectivity index (χ3n) is 2.53. The number of aliphatic hydroxyl groups is 1. The van der Waals surface area contributed by atoms with Crippen molar-refractivity contribution in [1.29, 1.82) is 0 Å². The highest BCUT2D eigenvalue weighted by molar-refractivity contribution is 7.85. The predicted molar refractivity (Wildman–Crippen MR) is 85.5 cm³/mol. The van der Waals surface area contributed by atoms with Gasteiger partial charge in [0, 0.05) is 10.6 Å². The van der Waals surface area contributed by atoms with Crippen LogP contribution in [0.5, 0.6) is 0 Å². The summed E-state index contributed by atoms with van der Waals surface area (Å²) in [4.78, 5) is 11.9. The molecular weight excluding hydrogens is 365 g/mol. The number of ether oxygens (including phenoxy) is 1. The van der Waals surface area contributed by atoms with Crippen LogP contribution in [0.2, 0.25) is 5.02 Å². The number of benzene rings is 1. The molecule has 0 heterocycles. The lowest BCUT2D eigenvalue weighted by Gasteiger charge is -2.30. The molecule has 1 amide bonds. The molecular formula is C14H19ClFNO6S. The van der Waals surface area contributed by atoms with Crippen molar-refractivity contribution in [2.75, 3.05) is 12.9 Å². The highest BCUT2D eigenvalue weighted by Crippen LogP contribution is 2.25. The third kappa shape index (κ3) is 7.00. The standard InChI is InChI=1S/C14H19ClFNO6S/c1-13(2,3)23-12(18)17-14(19,8-22-24(4,20)21)9-5-10(15)7-11(16)6-9/h5-7,19H,8H2,1-4H3,(H,17,18). The van der Waals surface area contributed by atoms with E-state index in [1.165, 1.54) is 0 Å². The van der Waals surface area contributed by atoms with Crippen molar-refractivity contribution in [3.8, 4) is 0 Å². The van der Waals surface area contributed by atoms with Gasteiger partial charge >= 0.3 is 6.09 Å². The second-order valence-corrected chi connectivity index (χ2v) is 8.19. The number of hydrogen-bond donors (Lipinski definition) is 2. The van der Waals surface area contributed by atoms with Crippen LogP contribution in [0.3, 0.4) is 0 Å². The fourth-order valence-corrected chi connectivity index (χ4v) is 2.26. The number of carbonyl (C=O) groups is 1. The fraction of sp³-hybridized carbons (Fsp3) is 0.500. The van der Waals surface area contributed by atoms with Gasteiger partial charge in [-0.15, -0.1) is 0 Å². The van der Waals surface area contributed by atoms with E-state index in [4.69, 9.17) is 16.3 Å². The van der Waals surface area contributed by atoms with E-state index in [1.54, 1.807) is 20.8 Å². The van der Waals surface area contributed by atoms with Gasteiger partial charge in [-0.3, -0.25) is 9.50 Å². The van der Waals surface area contributed by atoms with Gasteiger partial charge in [0.15, 0.2) is 5.72 Å². The Bertz CT molecular complexity index is 698. The van der Waals surface area contributed by atoms with Crippen LogP contribution in [0.1, 0.15) is 26.3 Å². The van der Waals surface area contributed by atoms with E-state index in [0.717, 1.165) is 24.5 Å². The SMILES string of the molecule is CC(C)(C)OC(=O)NC(O)(COS(C)(=O)=O)c1cc(F)cc(Cl)c1. The molecule has 0 bridgehead atoms. The van der Waals surface area contributed by atoms with Crippen LogP contribution in [-0.4, -0.2) is 38.1 Å². The number of amides is 1. The molecule has 7 nitrogen and oxygen atoms in total. The molecule has 1 rings (SSSR count). The van der Waals surface area contributed by atoms with Gasteiger partial charge in [0.25, 0.3) is 10.1 Å². The topological polar surface area (TPSA) is 102 Å². The molecule has 2 N–H and O–H groups in total. The van der Waals surface area contributed by atoms with Crippen molar-refractivity contribution < 1.29 is 31.6 Å². The fourth-order valence-electron chi connectivity index (χ4n) is 1.65. The van der Waals surface area contributed by atoms with Crippen molar-refractivity contribution in [2.45, 2.75) is 32.1 Å². The van der Waals surface area contributed by atoms with Crippen LogP contribution >= 0.6 is 11.6 Å². The van der Waals surface area contributed by atoms with E-state index < -0.39 is 40.0 Å². The van der Waals surface area contributed by atoms with E-state index in [0.29, 0.717) is 0 Å². The van der Waals surface area contributed by atoms with Crippen LogP contribution < -0.4 is 5.32 Å². The lowest BCUT2D eigenvalue weighted by atomic mass is 10.0. The predicted octanol–water partition coefficient (Wildman–Crippen LogP) is 2.13. The van der Waals surface area contributed by atoms with E-state index in [9.17, 15) is 22.7 Å². The zero-order chi connectivity index (χ0) is 18.8. The number of alkyl carbamates (subject to hydrolysis) is 1. The summed E-state index contributed by atoms with van der Waals surface area (Å²) in [5.41, 5.74) is -3.46. The molecule has 1 aromatic rings. The third-order valence-corrected chi connectivity index (χ3v) is 3.29. The lowest BCUT2D eigenvalue weighted by molar-refractivity contribution is -0.0456. The number of rotatable bonds is 5. The van der Waals surface area contributed by atoms with Gasteiger partial charge in [0.05, 0.1) is 6.26 Å². The molecule has 0 aliphatic heterocycles. The van der Waals surface area contributed by atoms with Crippen molar-refractivity contribution in [3.05, 3.63) is 34.6 Å². The first kappa shape index (κ1) is 20.6. The molecule has 136 valence electrons. The number of carbonyl (C=O) groups excluding carboxylic acids is 1. The maximum atomic E-state index is 13.5. The average Bonchev–Trinajstić information content (AvgIpc) is 2.32. The summed E-state index contributed by atoms with van der Waals surface area (Å²) in [6.45, 7) is 3.89. The van der Waals surface area contributed by atoms with Crippen molar-refractivity contribution in [2.24, 2.45) is 0 Å². The van der Waals surface area contributed by atoms with E-state index in [2.05, 4.69) is 9.50 Å². The smallest absolute Gasteiger partial charge is 0.410 e. The van der Waals surface area contributed by atoms with Gasteiger partial charge < -0.3 is 9.84 Å². The van der Waals surface area contributed by atoms with E-state index in [-0.39, 0.29) is 10.6 Å². The quantitative estimate of drug-likeness (QED) is 0.596. The minimum absolute atomic E-state index is 0.0613. The number of hydrogen-bond acceptors (Lipinski definition) is 6. The Morgan fingerprint density at radius 3 is 2.38 bits per heavy atom. The number of halogens is 2. The molecule has 0 radical (unpaired) electrons. The summed E-state index contributed by atoms with van der Waals surface area (Å²) in [7, 11) is -3.94.